The lowest BCUT2D eigenvalue weighted by atomic mass is 10.2. The van der Waals surface area contributed by atoms with Crippen LogP contribution in [0.15, 0.2) is 24.3 Å². The first-order chi connectivity index (χ1) is 7.75. The van der Waals surface area contributed by atoms with Crippen LogP contribution in [0.5, 0.6) is 0 Å². The molecule has 2 N–H and O–H groups in total. The average Bonchev–Trinajstić information content (AvgIpc) is 2.67. The normalized spacial score (nSPS) is 19.8. The van der Waals surface area contributed by atoms with Gasteiger partial charge in [0.15, 0.2) is 0 Å². The van der Waals surface area contributed by atoms with E-state index in [0.29, 0.717) is 6.42 Å². The summed E-state index contributed by atoms with van der Waals surface area (Å²) in [5.74, 6) is 0.157. The summed E-state index contributed by atoms with van der Waals surface area (Å²) < 4.78 is 0. The third kappa shape index (κ3) is 2.97. The molecule has 1 aliphatic heterocycles. The fourth-order valence-corrected chi connectivity index (χ4v) is 2.06. The Bertz CT molecular complexity index is 381. The van der Waals surface area contributed by atoms with Crippen LogP contribution in [0.4, 0.5) is 0 Å². The minimum Gasteiger partial charge on any atom is -0.352 e. The molecule has 86 valence electrons. The number of hydrogen-bond acceptors (Lipinski definition) is 2. The predicted octanol–water partition coefficient (Wildman–Crippen LogP) is 1.71. The maximum absolute atomic E-state index is 11.0. The Morgan fingerprint density at radius 3 is 2.94 bits per heavy atom. The molecule has 1 saturated heterocycles. The minimum absolute atomic E-state index is 0.157. The highest BCUT2D eigenvalue weighted by Crippen LogP contribution is 2.14. The van der Waals surface area contributed by atoms with Gasteiger partial charge in [0, 0.05) is 30.6 Å². The van der Waals surface area contributed by atoms with Gasteiger partial charge in [0.2, 0.25) is 5.91 Å². The first-order valence-electron chi connectivity index (χ1n) is 5.49. The molecule has 0 spiro atoms. The second-order valence-corrected chi connectivity index (χ2v) is 4.43. The Balaban J connectivity index is 1.76. The second kappa shape index (κ2) is 5.32. The Morgan fingerprint density at radius 1 is 1.44 bits per heavy atom. The Morgan fingerprint density at radius 2 is 2.25 bits per heavy atom. The summed E-state index contributed by atoms with van der Waals surface area (Å²) in [6.45, 7) is 1.54. The molecule has 3 nitrogen and oxygen atoms in total. The SMILES string of the molecule is O=C1CCC(CNCc2ccccc2Cl)N1. The summed E-state index contributed by atoms with van der Waals surface area (Å²) in [6.07, 6.45) is 1.58. The third-order valence-corrected chi connectivity index (χ3v) is 3.12. The van der Waals surface area contributed by atoms with E-state index in [9.17, 15) is 4.79 Å². The van der Waals surface area contributed by atoms with Crippen molar-refractivity contribution >= 4 is 17.5 Å². The molecule has 0 saturated carbocycles. The Kier molecular flexibility index (Phi) is 3.80. The molecule has 1 aromatic rings. The van der Waals surface area contributed by atoms with E-state index in [4.69, 9.17) is 11.6 Å². The molecule has 0 aromatic heterocycles. The number of benzene rings is 1. The first-order valence-corrected chi connectivity index (χ1v) is 5.87. The monoisotopic (exact) mass is 238 g/mol. The van der Waals surface area contributed by atoms with Gasteiger partial charge in [-0.2, -0.15) is 0 Å². The first kappa shape index (κ1) is 11.4. The van der Waals surface area contributed by atoms with Gasteiger partial charge in [0.25, 0.3) is 0 Å². The van der Waals surface area contributed by atoms with Crippen molar-refractivity contribution in [2.24, 2.45) is 0 Å². The number of hydrogen-bond donors (Lipinski definition) is 2. The van der Waals surface area contributed by atoms with Crippen molar-refractivity contribution in [1.29, 1.82) is 0 Å². The highest BCUT2D eigenvalue weighted by molar-refractivity contribution is 6.31. The van der Waals surface area contributed by atoms with Gasteiger partial charge < -0.3 is 10.6 Å². The average molecular weight is 239 g/mol. The van der Waals surface area contributed by atoms with Crippen LogP contribution in [0, 0.1) is 0 Å². The highest BCUT2D eigenvalue weighted by Gasteiger charge is 2.19. The van der Waals surface area contributed by atoms with Gasteiger partial charge in [-0.3, -0.25) is 4.79 Å². The van der Waals surface area contributed by atoms with E-state index < -0.39 is 0 Å². The van der Waals surface area contributed by atoms with Crippen molar-refractivity contribution in [2.45, 2.75) is 25.4 Å². The quantitative estimate of drug-likeness (QED) is 0.839. The van der Waals surface area contributed by atoms with Gasteiger partial charge in [0.1, 0.15) is 0 Å². The molecule has 16 heavy (non-hydrogen) atoms. The molecular formula is C12H15ClN2O. The lowest BCUT2D eigenvalue weighted by Crippen LogP contribution is -2.35. The molecule has 1 unspecified atom stereocenters. The van der Waals surface area contributed by atoms with Crippen molar-refractivity contribution in [1.82, 2.24) is 10.6 Å². The maximum atomic E-state index is 11.0. The summed E-state index contributed by atoms with van der Waals surface area (Å²) >= 11 is 6.03. The van der Waals surface area contributed by atoms with Crippen LogP contribution >= 0.6 is 11.6 Å². The number of carbonyl (C=O) groups excluding carboxylic acids is 1. The van der Waals surface area contributed by atoms with E-state index in [0.717, 1.165) is 30.1 Å². The molecule has 0 aliphatic carbocycles. The van der Waals surface area contributed by atoms with Gasteiger partial charge in [-0.15, -0.1) is 0 Å². The van der Waals surface area contributed by atoms with E-state index in [1.54, 1.807) is 0 Å². The zero-order chi connectivity index (χ0) is 11.4. The molecular weight excluding hydrogens is 224 g/mol. The molecule has 1 aliphatic rings. The van der Waals surface area contributed by atoms with Crippen LogP contribution < -0.4 is 10.6 Å². The fraction of sp³-hybridized carbons (Fsp3) is 0.417. The summed E-state index contributed by atoms with van der Waals surface area (Å²) in [4.78, 5) is 11.0. The standard InChI is InChI=1S/C12H15ClN2O/c13-11-4-2-1-3-9(11)7-14-8-10-5-6-12(16)15-10/h1-4,10,14H,5-8H2,(H,15,16). The topological polar surface area (TPSA) is 41.1 Å². The van der Waals surface area contributed by atoms with Crippen molar-refractivity contribution < 1.29 is 4.79 Å². The number of amides is 1. The van der Waals surface area contributed by atoms with E-state index in [1.165, 1.54) is 0 Å². The molecule has 1 heterocycles. The molecule has 0 radical (unpaired) electrons. The summed E-state index contributed by atoms with van der Waals surface area (Å²) in [7, 11) is 0. The lowest BCUT2D eigenvalue weighted by molar-refractivity contribution is -0.119. The highest BCUT2D eigenvalue weighted by atomic mass is 35.5. The van der Waals surface area contributed by atoms with Crippen molar-refractivity contribution in [2.75, 3.05) is 6.54 Å². The van der Waals surface area contributed by atoms with E-state index in [-0.39, 0.29) is 11.9 Å². The second-order valence-electron chi connectivity index (χ2n) is 4.03. The van der Waals surface area contributed by atoms with E-state index in [1.807, 2.05) is 24.3 Å². The van der Waals surface area contributed by atoms with Crippen LogP contribution in [0.25, 0.3) is 0 Å². The van der Waals surface area contributed by atoms with Gasteiger partial charge >= 0.3 is 0 Å². The Labute approximate surface area is 100 Å². The van der Waals surface area contributed by atoms with Crippen LogP contribution in [0.3, 0.4) is 0 Å². The van der Waals surface area contributed by atoms with Crippen molar-refractivity contribution in [3.05, 3.63) is 34.9 Å². The minimum atomic E-state index is 0.157. The van der Waals surface area contributed by atoms with Crippen molar-refractivity contribution in [3.63, 3.8) is 0 Å². The Hall–Kier alpha value is -1.06. The number of halogens is 1. The van der Waals surface area contributed by atoms with Gasteiger partial charge in [-0.25, -0.2) is 0 Å². The van der Waals surface area contributed by atoms with Gasteiger partial charge in [-0.05, 0) is 18.1 Å². The maximum Gasteiger partial charge on any atom is 0.220 e. The molecule has 1 amide bonds. The lowest BCUT2D eigenvalue weighted by Gasteiger charge is -2.11. The van der Waals surface area contributed by atoms with Crippen LogP contribution in [-0.4, -0.2) is 18.5 Å². The number of nitrogens with one attached hydrogen (secondary N) is 2. The fourth-order valence-electron chi connectivity index (χ4n) is 1.85. The van der Waals surface area contributed by atoms with Crippen LogP contribution in [0.2, 0.25) is 5.02 Å². The van der Waals surface area contributed by atoms with Crippen molar-refractivity contribution in [3.8, 4) is 0 Å². The summed E-state index contributed by atoms with van der Waals surface area (Å²) in [5.41, 5.74) is 1.09. The zero-order valence-corrected chi connectivity index (χ0v) is 9.76. The molecule has 2 rings (SSSR count). The summed E-state index contributed by atoms with van der Waals surface area (Å²) in [6, 6.07) is 8.05. The van der Waals surface area contributed by atoms with E-state index in [2.05, 4.69) is 10.6 Å². The third-order valence-electron chi connectivity index (χ3n) is 2.75. The van der Waals surface area contributed by atoms with Crippen LogP contribution in [0.1, 0.15) is 18.4 Å². The molecule has 1 atom stereocenters. The largest absolute Gasteiger partial charge is 0.352 e. The summed E-state index contributed by atoms with van der Waals surface area (Å²) in [5, 5.41) is 7.01. The molecule has 4 heteroatoms. The molecule has 1 fully saturated rings. The van der Waals surface area contributed by atoms with Gasteiger partial charge in [-0.1, -0.05) is 29.8 Å². The molecule has 1 aromatic carbocycles. The number of carbonyl (C=O) groups is 1. The predicted molar refractivity (Wildman–Crippen MR) is 64.3 cm³/mol. The van der Waals surface area contributed by atoms with E-state index >= 15 is 0 Å². The smallest absolute Gasteiger partial charge is 0.220 e. The molecule has 0 bridgehead atoms. The van der Waals surface area contributed by atoms with Gasteiger partial charge in [0.05, 0.1) is 0 Å². The number of rotatable bonds is 4. The zero-order valence-electron chi connectivity index (χ0n) is 9.00. The van der Waals surface area contributed by atoms with Crippen LogP contribution in [-0.2, 0) is 11.3 Å².